The number of nitrogens with two attached hydrogens (primary N) is 1. The molecule has 70 valence electrons. The van der Waals surface area contributed by atoms with E-state index in [1.165, 1.54) is 12.8 Å². The largest absolute Gasteiger partial charge is 0.369 e. The summed E-state index contributed by atoms with van der Waals surface area (Å²) in [7, 11) is 0. The molecule has 1 fully saturated rings. The molecule has 2 nitrogen and oxygen atoms in total. The average molecular weight is 169 g/mol. The van der Waals surface area contributed by atoms with E-state index in [0.29, 0.717) is 0 Å². The molecule has 0 aromatic heterocycles. The maximum atomic E-state index is 10.9. The van der Waals surface area contributed by atoms with Gasteiger partial charge in [-0.25, -0.2) is 0 Å². The van der Waals surface area contributed by atoms with E-state index in [9.17, 15) is 4.79 Å². The van der Waals surface area contributed by atoms with Crippen LogP contribution in [0.5, 0.6) is 0 Å². The molecule has 0 aliphatic heterocycles. The molecule has 0 aromatic carbocycles. The van der Waals surface area contributed by atoms with Crippen molar-refractivity contribution in [2.45, 2.75) is 39.5 Å². The molecule has 0 bridgehead atoms. The van der Waals surface area contributed by atoms with Crippen LogP contribution in [0.15, 0.2) is 0 Å². The highest BCUT2D eigenvalue weighted by molar-refractivity contribution is 5.76. The molecule has 1 amide bonds. The monoisotopic (exact) mass is 169 g/mol. The maximum absolute atomic E-state index is 10.9. The Morgan fingerprint density at radius 1 is 1.25 bits per heavy atom. The Kier molecular flexibility index (Phi) is 3.12. The average Bonchev–Trinajstić information content (AvgIpc) is 2.04. The van der Waals surface area contributed by atoms with Crippen LogP contribution in [0.25, 0.3) is 0 Å². The van der Waals surface area contributed by atoms with Gasteiger partial charge >= 0.3 is 0 Å². The smallest absolute Gasteiger partial charge is 0.220 e. The standard InChI is InChI=1S/C10H19NO/c1-7(2)8-3-5-9(6-4-8)10(11)12/h7-9H,3-6H2,1-2H3,(H2,11,12). The summed E-state index contributed by atoms with van der Waals surface area (Å²) in [6.45, 7) is 4.52. The van der Waals surface area contributed by atoms with Crippen LogP contribution < -0.4 is 5.73 Å². The summed E-state index contributed by atoms with van der Waals surface area (Å²) in [6, 6.07) is 0. The molecular weight excluding hydrogens is 150 g/mol. The summed E-state index contributed by atoms with van der Waals surface area (Å²) in [5.74, 6) is 1.65. The minimum Gasteiger partial charge on any atom is -0.369 e. The Labute approximate surface area is 74.5 Å². The van der Waals surface area contributed by atoms with Gasteiger partial charge in [-0.05, 0) is 37.5 Å². The first-order chi connectivity index (χ1) is 5.61. The van der Waals surface area contributed by atoms with Crippen LogP contribution in [0.4, 0.5) is 0 Å². The SMILES string of the molecule is CC(C)C1CCC(C(N)=O)CC1. The zero-order chi connectivity index (χ0) is 9.14. The molecule has 0 saturated heterocycles. The topological polar surface area (TPSA) is 43.1 Å². The second-order valence-electron chi connectivity index (χ2n) is 4.26. The fourth-order valence-corrected chi connectivity index (χ4v) is 2.07. The van der Waals surface area contributed by atoms with Crippen molar-refractivity contribution in [2.24, 2.45) is 23.5 Å². The fraction of sp³-hybridized carbons (Fsp3) is 0.900. The molecule has 1 aliphatic rings. The number of hydrogen-bond donors (Lipinski definition) is 1. The van der Waals surface area contributed by atoms with Crippen LogP contribution >= 0.6 is 0 Å². The summed E-state index contributed by atoms with van der Waals surface area (Å²) in [6.07, 6.45) is 4.40. The molecule has 0 radical (unpaired) electrons. The van der Waals surface area contributed by atoms with E-state index in [1.54, 1.807) is 0 Å². The molecule has 1 saturated carbocycles. The number of amides is 1. The van der Waals surface area contributed by atoms with Crippen molar-refractivity contribution in [1.82, 2.24) is 0 Å². The number of hydrogen-bond acceptors (Lipinski definition) is 1. The summed E-state index contributed by atoms with van der Waals surface area (Å²) in [5.41, 5.74) is 5.25. The van der Waals surface area contributed by atoms with E-state index in [1.807, 2.05) is 0 Å². The molecule has 0 unspecified atom stereocenters. The third-order valence-corrected chi connectivity index (χ3v) is 3.12. The van der Waals surface area contributed by atoms with Gasteiger partial charge in [0, 0.05) is 5.92 Å². The van der Waals surface area contributed by atoms with E-state index >= 15 is 0 Å². The number of carbonyl (C=O) groups excluding carboxylic acids is 1. The lowest BCUT2D eigenvalue weighted by Gasteiger charge is -2.29. The van der Waals surface area contributed by atoms with Crippen molar-refractivity contribution in [2.75, 3.05) is 0 Å². The van der Waals surface area contributed by atoms with Gasteiger partial charge in [0.25, 0.3) is 0 Å². The van der Waals surface area contributed by atoms with Gasteiger partial charge in [0.2, 0.25) is 5.91 Å². The van der Waals surface area contributed by atoms with Gasteiger partial charge in [0.1, 0.15) is 0 Å². The molecule has 2 heteroatoms. The van der Waals surface area contributed by atoms with Gasteiger partial charge in [-0.3, -0.25) is 4.79 Å². The highest BCUT2D eigenvalue weighted by Crippen LogP contribution is 2.32. The predicted octanol–water partition coefficient (Wildman–Crippen LogP) is 1.93. The summed E-state index contributed by atoms with van der Waals surface area (Å²) < 4.78 is 0. The predicted molar refractivity (Wildman–Crippen MR) is 49.5 cm³/mol. The molecule has 1 aliphatic carbocycles. The first-order valence-corrected chi connectivity index (χ1v) is 4.90. The van der Waals surface area contributed by atoms with E-state index in [4.69, 9.17) is 5.73 Å². The van der Waals surface area contributed by atoms with Crippen molar-refractivity contribution in [3.05, 3.63) is 0 Å². The molecule has 2 N–H and O–H groups in total. The Morgan fingerprint density at radius 3 is 2.08 bits per heavy atom. The molecule has 1 rings (SSSR count). The third kappa shape index (κ3) is 2.23. The molecule has 0 spiro atoms. The summed E-state index contributed by atoms with van der Waals surface area (Å²) in [4.78, 5) is 10.9. The quantitative estimate of drug-likeness (QED) is 0.674. The maximum Gasteiger partial charge on any atom is 0.220 e. The number of primary amides is 1. The Balaban J connectivity index is 2.34. The summed E-state index contributed by atoms with van der Waals surface area (Å²) >= 11 is 0. The van der Waals surface area contributed by atoms with E-state index < -0.39 is 0 Å². The van der Waals surface area contributed by atoms with Gasteiger partial charge in [-0.1, -0.05) is 13.8 Å². The van der Waals surface area contributed by atoms with Crippen LogP contribution in [0.3, 0.4) is 0 Å². The molecule has 0 atom stereocenters. The van der Waals surface area contributed by atoms with Gasteiger partial charge in [0.15, 0.2) is 0 Å². The van der Waals surface area contributed by atoms with Crippen LogP contribution in [0, 0.1) is 17.8 Å². The van der Waals surface area contributed by atoms with E-state index in [-0.39, 0.29) is 11.8 Å². The van der Waals surface area contributed by atoms with Crippen molar-refractivity contribution in [3.8, 4) is 0 Å². The van der Waals surface area contributed by atoms with Crippen molar-refractivity contribution < 1.29 is 4.79 Å². The summed E-state index contributed by atoms with van der Waals surface area (Å²) in [5, 5.41) is 0. The molecule has 12 heavy (non-hydrogen) atoms. The van der Waals surface area contributed by atoms with Gasteiger partial charge < -0.3 is 5.73 Å². The van der Waals surface area contributed by atoms with Crippen LogP contribution in [0.2, 0.25) is 0 Å². The highest BCUT2D eigenvalue weighted by Gasteiger charge is 2.25. The minimum atomic E-state index is -0.0998. The van der Waals surface area contributed by atoms with Gasteiger partial charge in [-0.2, -0.15) is 0 Å². The minimum absolute atomic E-state index is 0.0998. The zero-order valence-corrected chi connectivity index (χ0v) is 8.05. The highest BCUT2D eigenvalue weighted by atomic mass is 16.1. The van der Waals surface area contributed by atoms with Crippen molar-refractivity contribution in [1.29, 1.82) is 0 Å². The van der Waals surface area contributed by atoms with E-state index in [2.05, 4.69) is 13.8 Å². The van der Waals surface area contributed by atoms with Crippen LogP contribution in [0.1, 0.15) is 39.5 Å². The van der Waals surface area contributed by atoms with Gasteiger partial charge in [0.05, 0.1) is 0 Å². The second kappa shape index (κ2) is 3.92. The molecular formula is C10H19NO. The zero-order valence-electron chi connectivity index (χ0n) is 8.05. The molecule has 0 heterocycles. The second-order valence-corrected chi connectivity index (χ2v) is 4.26. The van der Waals surface area contributed by atoms with Crippen molar-refractivity contribution in [3.63, 3.8) is 0 Å². The fourth-order valence-electron chi connectivity index (χ4n) is 2.07. The van der Waals surface area contributed by atoms with Crippen molar-refractivity contribution >= 4 is 5.91 Å². The Morgan fingerprint density at radius 2 is 1.75 bits per heavy atom. The first-order valence-electron chi connectivity index (χ1n) is 4.90. The lowest BCUT2D eigenvalue weighted by molar-refractivity contribution is -0.123. The Bertz CT molecular complexity index is 157. The van der Waals surface area contributed by atoms with Crippen LogP contribution in [-0.4, -0.2) is 5.91 Å². The lowest BCUT2D eigenvalue weighted by atomic mass is 9.77. The first kappa shape index (κ1) is 9.56. The number of carbonyl (C=O) groups is 1. The van der Waals surface area contributed by atoms with Gasteiger partial charge in [-0.15, -0.1) is 0 Å². The van der Waals surface area contributed by atoms with E-state index in [0.717, 1.165) is 24.7 Å². The van der Waals surface area contributed by atoms with Crippen LogP contribution in [-0.2, 0) is 4.79 Å². The third-order valence-electron chi connectivity index (χ3n) is 3.12. The normalized spacial score (nSPS) is 30.6. The lowest BCUT2D eigenvalue weighted by Crippen LogP contribution is -2.28. The number of rotatable bonds is 2. The Hall–Kier alpha value is -0.530. The molecule has 0 aromatic rings.